The van der Waals surface area contributed by atoms with E-state index in [-0.39, 0.29) is 30.3 Å². The molecule has 7 nitrogen and oxygen atoms in total. The van der Waals surface area contributed by atoms with Gasteiger partial charge in [-0.1, -0.05) is 35.9 Å². The Morgan fingerprint density at radius 2 is 1.97 bits per heavy atom. The van der Waals surface area contributed by atoms with E-state index in [1.54, 1.807) is 0 Å². The predicted octanol–water partition coefficient (Wildman–Crippen LogP) is 2.97. The van der Waals surface area contributed by atoms with Gasteiger partial charge >= 0.3 is 0 Å². The Morgan fingerprint density at radius 1 is 1.17 bits per heavy atom. The lowest BCUT2D eigenvalue weighted by molar-refractivity contribution is -0.133. The zero-order valence-corrected chi connectivity index (χ0v) is 16.7. The fourth-order valence-corrected chi connectivity index (χ4v) is 4.01. The monoisotopic (exact) mass is 391 g/mol. The highest BCUT2D eigenvalue weighted by Crippen LogP contribution is 2.32. The summed E-state index contributed by atoms with van der Waals surface area (Å²) >= 11 is 0. The molecule has 2 unspecified atom stereocenters. The van der Waals surface area contributed by atoms with Gasteiger partial charge in [-0.3, -0.25) is 14.0 Å². The van der Waals surface area contributed by atoms with E-state index in [0.29, 0.717) is 6.54 Å². The van der Waals surface area contributed by atoms with E-state index in [1.165, 1.54) is 6.92 Å². The first-order valence-corrected chi connectivity index (χ1v) is 9.96. The lowest BCUT2D eigenvalue weighted by Crippen LogP contribution is -2.36. The van der Waals surface area contributed by atoms with Gasteiger partial charge in [0, 0.05) is 19.7 Å². The zero-order valence-electron chi connectivity index (χ0n) is 16.7. The van der Waals surface area contributed by atoms with E-state index in [9.17, 15) is 9.59 Å². The van der Waals surface area contributed by atoms with E-state index in [2.05, 4.69) is 15.5 Å². The molecule has 0 saturated carbocycles. The summed E-state index contributed by atoms with van der Waals surface area (Å²) in [6.07, 6.45) is 3.93. The highest BCUT2D eigenvalue weighted by molar-refractivity contribution is 5.79. The summed E-state index contributed by atoms with van der Waals surface area (Å²) in [6, 6.07) is 13.2. The Bertz CT molecular complexity index is 1030. The molecule has 3 aromatic rings. The smallest absolute Gasteiger partial charge is 0.225 e. The molecule has 1 N–H and O–H groups in total. The van der Waals surface area contributed by atoms with Crippen molar-refractivity contribution >= 4 is 17.5 Å². The number of hydrogen-bond acceptors (Lipinski definition) is 4. The minimum absolute atomic E-state index is 0.0134. The van der Waals surface area contributed by atoms with Crippen LogP contribution in [0.25, 0.3) is 5.65 Å². The van der Waals surface area contributed by atoms with Gasteiger partial charge in [0.1, 0.15) is 0 Å². The number of aromatic nitrogens is 3. The molecule has 7 heteroatoms. The van der Waals surface area contributed by atoms with Crippen LogP contribution in [-0.4, -0.2) is 37.9 Å². The lowest BCUT2D eigenvalue weighted by atomic mass is 10.0. The van der Waals surface area contributed by atoms with Gasteiger partial charge in [-0.25, -0.2) is 0 Å². The number of aryl methyl sites for hydroxylation is 1. The zero-order chi connectivity index (χ0) is 20.4. The summed E-state index contributed by atoms with van der Waals surface area (Å²) in [6.45, 7) is 4.18. The molecule has 2 amide bonds. The average Bonchev–Trinajstić information content (AvgIpc) is 3.34. The number of rotatable bonds is 5. The van der Waals surface area contributed by atoms with Crippen molar-refractivity contribution in [3.05, 3.63) is 65.6 Å². The number of carbonyl (C=O) groups excluding carboxylic acids is 2. The molecule has 0 radical (unpaired) electrons. The molecule has 1 saturated heterocycles. The number of pyridine rings is 1. The van der Waals surface area contributed by atoms with Crippen LogP contribution in [0, 0.1) is 6.92 Å². The van der Waals surface area contributed by atoms with E-state index in [4.69, 9.17) is 0 Å². The van der Waals surface area contributed by atoms with Gasteiger partial charge in [-0.2, -0.15) is 0 Å². The molecule has 1 fully saturated rings. The SMILES string of the molecule is CC(=O)NC(CC(=O)N1CCCC1c1nnc2ccccn12)c1ccc(C)cc1. The lowest BCUT2D eigenvalue weighted by Gasteiger charge is -2.26. The maximum atomic E-state index is 13.2. The van der Waals surface area contributed by atoms with Crippen molar-refractivity contribution < 1.29 is 9.59 Å². The van der Waals surface area contributed by atoms with Crippen molar-refractivity contribution in [3.8, 4) is 0 Å². The molecular formula is C22H25N5O2. The molecular weight excluding hydrogens is 366 g/mol. The predicted molar refractivity (Wildman–Crippen MR) is 109 cm³/mol. The van der Waals surface area contributed by atoms with Crippen LogP contribution < -0.4 is 5.32 Å². The van der Waals surface area contributed by atoms with Crippen LogP contribution in [0.1, 0.15) is 55.2 Å². The second kappa shape index (κ2) is 8.03. The Morgan fingerprint density at radius 3 is 2.72 bits per heavy atom. The summed E-state index contributed by atoms with van der Waals surface area (Å²) < 4.78 is 1.95. The first kappa shape index (κ1) is 19.1. The molecule has 0 bridgehead atoms. The molecule has 1 aliphatic rings. The standard InChI is InChI=1S/C22H25N5O2/c1-15-8-10-17(11-9-15)18(23-16(2)28)14-21(29)26-13-5-6-19(26)22-25-24-20-7-3-4-12-27(20)22/h3-4,7-12,18-19H,5-6,13-14H2,1-2H3,(H,23,28). The Kier molecular flexibility index (Phi) is 5.29. The number of nitrogens with zero attached hydrogens (tertiary/aromatic N) is 4. The van der Waals surface area contributed by atoms with E-state index in [1.807, 2.05) is 64.9 Å². The summed E-state index contributed by atoms with van der Waals surface area (Å²) in [4.78, 5) is 26.9. The van der Waals surface area contributed by atoms with Gasteiger partial charge in [0.25, 0.3) is 0 Å². The van der Waals surface area contributed by atoms with E-state index < -0.39 is 0 Å². The number of benzene rings is 1. The summed E-state index contributed by atoms with van der Waals surface area (Å²) in [5.41, 5.74) is 2.85. The third-order valence-electron chi connectivity index (χ3n) is 5.45. The molecule has 150 valence electrons. The molecule has 1 aromatic carbocycles. The number of amides is 2. The van der Waals surface area contributed by atoms with Crippen LogP contribution in [0.15, 0.2) is 48.7 Å². The van der Waals surface area contributed by atoms with Crippen molar-refractivity contribution in [2.24, 2.45) is 0 Å². The first-order chi connectivity index (χ1) is 14.0. The van der Waals surface area contributed by atoms with Gasteiger partial charge in [-0.05, 0) is 37.5 Å². The van der Waals surface area contributed by atoms with Crippen LogP contribution in [0.5, 0.6) is 0 Å². The minimum atomic E-state index is -0.350. The normalized spacial score (nSPS) is 17.4. The van der Waals surface area contributed by atoms with Crippen molar-refractivity contribution in [2.75, 3.05) is 6.54 Å². The molecule has 0 aliphatic carbocycles. The fraction of sp³-hybridized carbons (Fsp3) is 0.364. The topological polar surface area (TPSA) is 79.6 Å². The minimum Gasteiger partial charge on any atom is -0.349 e. The summed E-state index contributed by atoms with van der Waals surface area (Å²) in [7, 11) is 0. The highest BCUT2D eigenvalue weighted by atomic mass is 16.2. The van der Waals surface area contributed by atoms with Crippen LogP contribution in [0.3, 0.4) is 0 Å². The number of likely N-dealkylation sites (tertiary alicyclic amines) is 1. The average molecular weight is 391 g/mol. The molecule has 0 spiro atoms. The van der Waals surface area contributed by atoms with Gasteiger partial charge < -0.3 is 10.2 Å². The van der Waals surface area contributed by atoms with Crippen molar-refractivity contribution in [1.82, 2.24) is 24.8 Å². The number of fused-ring (bicyclic) bond motifs is 1. The number of nitrogens with one attached hydrogen (secondary N) is 1. The molecule has 4 rings (SSSR count). The van der Waals surface area contributed by atoms with Crippen LogP contribution >= 0.6 is 0 Å². The second-order valence-electron chi connectivity index (χ2n) is 7.60. The van der Waals surface area contributed by atoms with Crippen molar-refractivity contribution in [1.29, 1.82) is 0 Å². The molecule has 2 aromatic heterocycles. The summed E-state index contributed by atoms with van der Waals surface area (Å²) in [5.74, 6) is 0.655. The fourth-order valence-electron chi connectivity index (χ4n) is 4.01. The van der Waals surface area contributed by atoms with E-state index >= 15 is 0 Å². The quantitative estimate of drug-likeness (QED) is 0.725. The number of hydrogen-bond donors (Lipinski definition) is 1. The van der Waals surface area contributed by atoms with Crippen LogP contribution in [-0.2, 0) is 9.59 Å². The van der Waals surface area contributed by atoms with Gasteiger partial charge in [0.05, 0.1) is 18.5 Å². The maximum Gasteiger partial charge on any atom is 0.225 e. The second-order valence-corrected chi connectivity index (χ2v) is 7.60. The van der Waals surface area contributed by atoms with Gasteiger partial charge in [0.15, 0.2) is 11.5 Å². The van der Waals surface area contributed by atoms with Gasteiger partial charge in [0.2, 0.25) is 11.8 Å². The third kappa shape index (κ3) is 3.99. The molecule has 29 heavy (non-hydrogen) atoms. The number of carbonyl (C=O) groups is 2. The summed E-state index contributed by atoms with van der Waals surface area (Å²) in [5, 5.41) is 11.5. The molecule has 1 aliphatic heterocycles. The largest absolute Gasteiger partial charge is 0.349 e. The van der Waals surface area contributed by atoms with Crippen molar-refractivity contribution in [3.63, 3.8) is 0 Å². The third-order valence-corrected chi connectivity index (χ3v) is 5.45. The van der Waals surface area contributed by atoms with Gasteiger partial charge in [-0.15, -0.1) is 10.2 Å². The Labute approximate surface area is 169 Å². The van der Waals surface area contributed by atoms with Crippen LogP contribution in [0.2, 0.25) is 0 Å². The Balaban J connectivity index is 1.56. The highest BCUT2D eigenvalue weighted by Gasteiger charge is 2.34. The first-order valence-electron chi connectivity index (χ1n) is 9.96. The molecule has 2 atom stereocenters. The van der Waals surface area contributed by atoms with E-state index in [0.717, 1.165) is 35.4 Å². The Hall–Kier alpha value is -3.22. The molecule has 3 heterocycles. The maximum absolute atomic E-state index is 13.2. The van der Waals surface area contributed by atoms with Crippen molar-refractivity contribution in [2.45, 2.75) is 45.2 Å². The van der Waals surface area contributed by atoms with Crippen LogP contribution in [0.4, 0.5) is 0 Å².